The van der Waals surface area contributed by atoms with E-state index < -0.39 is 5.97 Å². The Hall–Kier alpha value is -1.10. The molecule has 0 saturated heterocycles. The van der Waals surface area contributed by atoms with Crippen LogP contribution in [0.2, 0.25) is 0 Å². The van der Waals surface area contributed by atoms with Gasteiger partial charge in [-0.25, -0.2) is 0 Å². The summed E-state index contributed by atoms with van der Waals surface area (Å²) in [5.41, 5.74) is 0. The van der Waals surface area contributed by atoms with Gasteiger partial charge in [-0.1, -0.05) is 12.8 Å². The fraction of sp³-hybridized carbons (Fsp3) is 0.833. The van der Waals surface area contributed by atoms with Gasteiger partial charge in [0.1, 0.15) is 0 Å². The van der Waals surface area contributed by atoms with Crippen molar-refractivity contribution in [2.75, 3.05) is 20.1 Å². The van der Waals surface area contributed by atoms with Crippen LogP contribution in [0, 0.1) is 0 Å². The fourth-order valence-electron chi connectivity index (χ4n) is 1.50. The van der Waals surface area contributed by atoms with Crippen LogP contribution in [0.3, 0.4) is 0 Å². The Morgan fingerprint density at radius 3 is 2.29 bits per heavy atom. The summed E-state index contributed by atoms with van der Waals surface area (Å²) in [7, 11) is 1.87. The third-order valence-corrected chi connectivity index (χ3v) is 2.47. The number of rotatable bonds is 11. The molecule has 3 N–H and O–H groups in total. The molecule has 0 atom stereocenters. The van der Waals surface area contributed by atoms with E-state index in [0.717, 1.165) is 38.6 Å². The van der Waals surface area contributed by atoms with Gasteiger partial charge in [-0.15, -0.1) is 0 Å². The van der Waals surface area contributed by atoms with Gasteiger partial charge in [0, 0.05) is 19.4 Å². The highest BCUT2D eigenvalue weighted by Crippen LogP contribution is 2.02. The number of hydrogen-bond acceptors (Lipinski definition) is 3. The lowest BCUT2D eigenvalue weighted by molar-refractivity contribution is -0.137. The first-order valence-corrected chi connectivity index (χ1v) is 6.30. The van der Waals surface area contributed by atoms with Gasteiger partial charge in [0.25, 0.3) is 0 Å². The summed E-state index contributed by atoms with van der Waals surface area (Å²) in [5, 5.41) is 14.3. The molecule has 0 aliphatic rings. The van der Waals surface area contributed by atoms with Gasteiger partial charge in [-0.2, -0.15) is 0 Å². The predicted molar refractivity (Wildman–Crippen MR) is 66.9 cm³/mol. The topological polar surface area (TPSA) is 78.4 Å². The third kappa shape index (κ3) is 12.8. The zero-order chi connectivity index (χ0) is 12.9. The lowest BCUT2D eigenvalue weighted by atomic mass is 10.1. The van der Waals surface area contributed by atoms with Crippen molar-refractivity contribution in [3.63, 3.8) is 0 Å². The number of carbonyl (C=O) groups excluding carboxylic acids is 1. The molecule has 0 aliphatic carbocycles. The van der Waals surface area contributed by atoms with Crippen molar-refractivity contribution in [1.82, 2.24) is 10.6 Å². The predicted octanol–water partition coefficient (Wildman–Crippen LogP) is 1.14. The SMILES string of the molecule is CNCCCC(=O)NCCCCCCC(=O)O. The summed E-state index contributed by atoms with van der Waals surface area (Å²) in [5.74, 6) is -0.631. The smallest absolute Gasteiger partial charge is 0.303 e. The van der Waals surface area contributed by atoms with Crippen molar-refractivity contribution in [3.05, 3.63) is 0 Å². The number of hydrogen-bond donors (Lipinski definition) is 3. The van der Waals surface area contributed by atoms with Gasteiger partial charge in [-0.05, 0) is 32.9 Å². The van der Waals surface area contributed by atoms with Crippen molar-refractivity contribution in [2.45, 2.75) is 44.9 Å². The molecule has 0 saturated carbocycles. The Balaban J connectivity index is 3.16. The number of carbonyl (C=O) groups is 2. The van der Waals surface area contributed by atoms with Crippen molar-refractivity contribution in [1.29, 1.82) is 0 Å². The highest BCUT2D eigenvalue weighted by atomic mass is 16.4. The number of amides is 1. The summed E-state index contributed by atoms with van der Waals surface area (Å²) in [4.78, 5) is 21.5. The van der Waals surface area contributed by atoms with Crippen molar-refractivity contribution >= 4 is 11.9 Å². The van der Waals surface area contributed by atoms with Crippen LogP contribution in [0.15, 0.2) is 0 Å². The van der Waals surface area contributed by atoms with E-state index in [9.17, 15) is 9.59 Å². The van der Waals surface area contributed by atoms with Gasteiger partial charge in [-0.3, -0.25) is 9.59 Å². The number of nitrogens with one attached hydrogen (secondary N) is 2. The summed E-state index contributed by atoms with van der Waals surface area (Å²) in [6.45, 7) is 1.56. The molecule has 0 bridgehead atoms. The van der Waals surface area contributed by atoms with Crippen LogP contribution < -0.4 is 10.6 Å². The summed E-state index contributed by atoms with van der Waals surface area (Å²) in [6.07, 6.45) is 5.23. The fourth-order valence-corrected chi connectivity index (χ4v) is 1.50. The molecule has 0 fully saturated rings. The number of carboxylic acids is 1. The molecule has 1 amide bonds. The lowest BCUT2D eigenvalue weighted by Crippen LogP contribution is -2.25. The summed E-state index contributed by atoms with van der Waals surface area (Å²) < 4.78 is 0. The number of unbranched alkanes of at least 4 members (excludes halogenated alkanes) is 3. The van der Waals surface area contributed by atoms with Crippen LogP contribution in [-0.4, -0.2) is 37.1 Å². The summed E-state index contributed by atoms with van der Waals surface area (Å²) in [6, 6.07) is 0. The zero-order valence-electron chi connectivity index (χ0n) is 10.6. The standard InChI is InChI=1S/C12H24N2O3/c1-13-9-6-7-11(15)14-10-5-3-2-4-8-12(16)17/h13H,2-10H2,1H3,(H,14,15)(H,16,17). The van der Waals surface area contributed by atoms with Gasteiger partial charge in [0.05, 0.1) is 0 Å². The van der Waals surface area contributed by atoms with Crippen LogP contribution in [0.4, 0.5) is 0 Å². The Morgan fingerprint density at radius 2 is 1.65 bits per heavy atom. The molecule has 100 valence electrons. The Morgan fingerprint density at radius 1 is 0.941 bits per heavy atom. The molecule has 5 nitrogen and oxygen atoms in total. The van der Waals surface area contributed by atoms with Gasteiger partial charge in [0.15, 0.2) is 0 Å². The quantitative estimate of drug-likeness (QED) is 0.476. The van der Waals surface area contributed by atoms with Crippen LogP contribution >= 0.6 is 0 Å². The second kappa shape index (κ2) is 11.4. The monoisotopic (exact) mass is 244 g/mol. The lowest BCUT2D eigenvalue weighted by Gasteiger charge is -2.04. The van der Waals surface area contributed by atoms with Crippen LogP contribution in [0.25, 0.3) is 0 Å². The number of carboxylic acid groups (broad SMARTS) is 1. The molecule has 0 aromatic rings. The van der Waals surface area contributed by atoms with Crippen LogP contribution in [-0.2, 0) is 9.59 Å². The molecule has 0 heterocycles. The molecule has 0 unspecified atom stereocenters. The van der Waals surface area contributed by atoms with E-state index in [1.54, 1.807) is 0 Å². The van der Waals surface area contributed by atoms with E-state index in [0.29, 0.717) is 13.0 Å². The minimum atomic E-state index is -0.733. The molecular formula is C12H24N2O3. The van der Waals surface area contributed by atoms with Gasteiger partial charge < -0.3 is 15.7 Å². The highest BCUT2D eigenvalue weighted by Gasteiger charge is 2.00. The largest absolute Gasteiger partial charge is 0.481 e. The van der Waals surface area contributed by atoms with E-state index >= 15 is 0 Å². The highest BCUT2D eigenvalue weighted by molar-refractivity contribution is 5.75. The van der Waals surface area contributed by atoms with Crippen LogP contribution in [0.5, 0.6) is 0 Å². The van der Waals surface area contributed by atoms with E-state index in [1.807, 2.05) is 7.05 Å². The molecule has 0 radical (unpaired) electrons. The van der Waals surface area contributed by atoms with Gasteiger partial charge in [0.2, 0.25) is 5.91 Å². The first kappa shape index (κ1) is 15.9. The third-order valence-electron chi connectivity index (χ3n) is 2.47. The summed E-state index contributed by atoms with van der Waals surface area (Å²) >= 11 is 0. The molecule has 0 aromatic heterocycles. The minimum absolute atomic E-state index is 0.103. The first-order valence-electron chi connectivity index (χ1n) is 6.30. The minimum Gasteiger partial charge on any atom is -0.481 e. The number of aliphatic carboxylic acids is 1. The maximum atomic E-state index is 11.3. The molecule has 17 heavy (non-hydrogen) atoms. The average molecular weight is 244 g/mol. The van der Waals surface area contributed by atoms with Crippen molar-refractivity contribution < 1.29 is 14.7 Å². The maximum Gasteiger partial charge on any atom is 0.303 e. The Kier molecular flexibility index (Phi) is 10.7. The molecule has 0 aromatic carbocycles. The molecule has 0 rings (SSSR count). The Bertz CT molecular complexity index is 220. The second-order valence-corrected chi connectivity index (χ2v) is 4.12. The molecule has 0 aliphatic heterocycles. The molecule has 0 spiro atoms. The normalized spacial score (nSPS) is 10.2. The van der Waals surface area contributed by atoms with Crippen LogP contribution in [0.1, 0.15) is 44.9 Å². The zero-order valence-corrected chi connectivity index (χ0v) is 10.6. The molecule has 5 heteroatoms. The average Bonchev–Trinajstić information content (AvgIpc) is 2.28. The van der Waals surface area contributed by atoms with E-state index in [2.05, 4.69) is 10.6 Å². The first-order chi connectivity index (χ1) is 8.16. The maximum absolute atomic E-state index is 11.3. The van der Waals surface area contributed by atoms with E-state index in [1.165, 1.54) is 0 Å². The van der Waals surface area contributed by atoms with Gasteiger partial charge >= 0.3 is 5.97 Å². The Labute approximate surface area is 103 Å². The van der Waals surface area contributed by atoms with E-state index in [-0.39, 0.29) is 12.3 Å². The second-order valence-electron chi connectivity index (χ2n) is 4.12. The van der Waals surface area contributed by atoms with E-state index in [4.69, 9.17) is 5.11 Å². The van der Waals surface area contributed by atoms with Crippen molar-refractivity contribution in [2.24, 2.45) is 0 Å². The van der Waals surface area contributed by atoms with Crippen molar-refractivity contribution in [3.8, 4) is 0 Å². The molecular weight excluding hydrogens is 220 g/mol.